The van der Waals surface area contributed by atoms with Gasteiger partial charge >= 0.3 is 5.97 Å². The minimum absolute atomic E-state index is 0.210. The zero-order chi connectivity index (χ0) is 13.0. The van der Waals surface area contributed by atoms with Gasteiger partial charge in [-0.25, -0.2) is 4.79 Å². The fourth-order valence-corrected chi connectivity index (χ4v) is 1.72. The molecule has 17 heavy (non-hydrogen) atoms. The van der Waals surface area contributed by atoms with E-state index in [9.17, 15) is 9.59 Å². The van der Waals surface area contributed by atoms with Crippen LogP contribution in [0, 0.1) is 0 Å². The Morgan fingerprint density at radius 2 is 1.94 bits per heavy atom. The number of benzene rings is 1. The zero-order valence-electron chi connectivity index (χ0n) is 9.67. The Morgan fingerprint density at radius 3 is 2.41 bits per heavy atom. The van der Waals surface area contributed by atoms with Gasteiger partial charge in [-0.05, 0) is 22.0 Å². The SMILES string of the molecule is COC(=O)c1cc(Br)c(NC(C)=O)cc1OC. The number of amides is 1. The molecule has 0 fully saturated rings. The van der Waals surface area contributed by atoms with Crippen molar-refractivity contribution in [2.75, 3.05) is 19.5 Å². The van der Waals surface area contributed by atoms with Crippen LogP contribution in [0.1, 0.15) is 17.3 Å². The monoisotopic (exact) mass is 301 g/mol. The first-order valence-corrected chi connectivity index (χ1v) is 5.52. The molecule has 6 heteroatoms. The average Bonchev–Trinajstić information content (AvgIpc) is 2.29. The highest BCUT2D eigenvalue weighted by atomic mass is 79.9. The summed E-state index contributed by atoms with van der Waals surface area (Å²) in [5.41, 5.74) is 0.818. The highest BCUT2D eigenvalue weighted by molar-refractivity contribution is 9.10. The van der Waals surface area contributed by atoms with Crippen molar-refractivity contribution in [1.29, 1.82) is 0 Å². The molecular weight excluding hydrogens is 290 g/mol. The second-order valence-corrected chi connectivity index (χ2v) is 4.06. The summed E-state index contributed by atoms with van der Waals surface area (Å²) in [6.45, 7) is 1.40. The van der Waals surface area contributed by atoms with Gasteiger partial charge in [0.15, 0.2) is 0 Å². The van der Waals surface area contributed by atoms with Crippen LogP contribution in [0.2, 0.25) is 0 Å². The number of hydrogen-bond acceptors (Lipinski definition) is 4. The molecule has 0 radical (unpaired) electrons. The van der Waals surface area contributed by atoms with Gasteiger partial charge in [0.2, 0.25) is 5.91 Å². The lowest BCUT2D eigenvalue weighted by Gasteiger charge is -2.11. The zero-order valence-corrected chi connectivity index (χ0v) is 11.3. The Balaban J connectivity index is 3.24. The van der Waals surface area contributed by atoms with Crippen molar-refractivity contribution in [2.45, 2.75) is 6.92 Å². The quantitative estimate of drug-likeness (QED) is 0.869. The molecule has 0 aliphatic rings. The van der Waals surface area contributed by atoms with Gasteiger partial charge in [-0.2, -0.15) is 0 Å². The van der Waals surface area contributed by atoms with E-state index in [1.807, 2.05) is 0 Å². The number of nitrogens with one attached hydrogen (secondary N) is 1. The van der Waals surface area contributed by atoms with Gasteiger partial charge in [-0.3, -0.25) is 4.79 Å². The van der Waals surface area contributed by atoms with Crippen molar-refractivity contribution in [3.05, 3.63) is 22.2 Å². The largest absolute Gasteiger partial charge is 0.496 e. The normalized spacial score (nSPS) is 9.65. The van der Waals surface area contributed by atoms with E-state index in [2.05, 4.69) is 26.0 Å². The lowest BCUT2D eigenvalue weighted by molar-refractivity contribution is -0.114. The average molecular weight is 302 g/mol. The summed E-state index contributed by atoms with van der Waals surface area (Å²) in [6, 6.07) is 3.09. The summed E-state index contributed by atoms with van der Waals surface area (Å²) in [7, 11) is 2.73. The van der Waals surface area contributed by atoms with E-state index in [0.717, 1.165) is 0 Å². The van der Waals surface area contributed by atoms with Gasteiger partial charge < -0.3 is 14.8 Å². The maximum Gasteiger partial charge on any atom is 0.341 e. The van der Waals surface area contributed by atoms with E-state index in [0.29, 0.717) is 15.9 Å². The molecule has 0 atom stereocenters. The summed E-state index contributed by atoms with van der Waals surface area (Å²) < 4.78 is 10.3. The molecule has 0 spiro atoms. The van der Waals surface area contributed by atoms with E-state index in [-0.39, 0.29) is 11.5 Å². The van der Waals surface area contributed by atoms with Crippen LogP contribution >= 0.6 is 15.9 Å². The maximum atomic E-state index is 11.5. The molecule has 1 rings (SSSR count). The maximum absolute atomic E-state index is 11.5. The molecule has 0 aliphatic carbocycles. The fraction of sp³-hybridized carbons (Fsp3) is 0.273. The van der Waals surface area contributed by atoms with E-state index >= 15 is 0 Å². The first kappa shape index (κ1) is 13.5. The number of carbonyl (C=O) groups excluding carboxylic acids is 2. The lowest BCUT2D eigenvalue weighted by Crippen LogP contribution is -2.09. The molecule has 92 valence electrons. The van der Waals surface area contributed by atoms with Crippen LogP contribution in [-0.2, 0) is 9.53 Å². The minimum atomic E-state index is -0.503. The third-order valence-electron chi connectivity index (χ3n) is 2.01. The van der Waals surface area contributed by atoms with Gasteiger partial charge in [0.05, 0.1) is 19.9 Å². The standard InChI is InChI=1S/C11H12BrNO4/c1-6(14)13-9-5-10(16-2)7(4-8(9)12)11(15)17-3/h4-5H,1-3H3,(H,13,14). The second kappa shape index (κ2) is 5.67. The number of anilines is 1. The van der Waals surface area contributed by atoms with Crippen molar-refractivity contribution in [3.8, 4) is 5.75 Å². The topological polar surface area (TPSA) is 64.6 Å². The number of rotatable bonds is 3. The Labute approximate surface area is 107 Å². The van der Waals surface area contributed by atoms with Gasteiger partial charge in [-0.1, -0.05) is 0 Å². The van der Waals surface area contributed by atoms with Crippen molar-refractivity contribution < 1.29 is 19.1 Å². The smallest absolute Gasteiger partial charge is 0.341 e. The summed E-state index contributed by atoms with van der Waals surface area (Å²) in [5, 5.41) is 2.61. The molecule has 0 bridgehead atoms. The minimum Gasteiger partial charge on any atom is -0.496 e. The molecule has 0 saturated heterocycles. The highest BCUT2D eigenvalue weighted by Gasteiger charge is 2.16. The highest BCUT2D eigenvalue weighted by Crippen LogP contribution is 2.31. The molecule has 1 aromatic carbocycles. The molecule has 5 nitrogen and oxygen atoms in total. The lowest BCUT2D eigenvalue weighted by atomic mass is 10.2. The Morgan fingerprint density at radius 1 is 1.29 bits per heavy atom. The predicted octanol–water partition coefficient (Wildman–Crippen LogP) is 2.20. The van der Waals surface area contributed by atoms with Crippen molar-refractivity contribution >= 4 is 33.5 Å². The van der Waals surface area contributed by atoms with E-state index in [1.54, 1.807) is 6.07 Å². The van der Waals surface area contributed by atoms with Gasteiger partial charge in [0.1, 0.15) is 11.3 Å². The van der Waals surface area contributed by atoms with Crippen LogP contribution in [-0.4, -0.2) is 26.1 Å². The Hall–Kier alpha value is -1.56. The number of carbonyl (C=O) groups is 2. The molecule has 0 aromatic heterocycles. The third kappa shape index (κ3) is 3.20. The second-order valence-electron chi connectivity index (χ2n) is 3.21. The molecule has 1 N–H and O–H groups in total. The van der Waals surface area contributed by atoms with Crippen LogP contribution in [0.4, 0.5) is 5.69 Å². The molecule has 1 amide bonds. The van der Waals surface area contributed by atoms with Crippen LogP contribution < -0.4 is 10.1 Å². The van der Waals surface area contributed by atoms with Crippen molar-refractivity contribution in [1.82, 2.24) is 0 Å². The Bertz CT molecular complexity index is 459. The molecule has 0 unspecified atom stereocenters. The summed E-state index contributed by atoms with van der Waals surface area (Å²) in [6.07, 6.45) is 0. The Kier molecular flexibility index (Phi) is 4.51. The van der Waals surface area contributed by atoms with E-state index < -0.39 is 5.97 Å². The van der Waals surface area contributed by atoms with Gasteiger partial charge in [0, 0.05) is 17.5 Å². The number of esters is 1. The summed E-state index contributed by atoms with van der Waals surface area (Å²) in [5.74, 6) is -0.376. The van der Waals surface area contributed by atoms with E-state index in [4.69, 9.17) is 4.74 Å². The molecule has 0 aliphatic heterocycles. The first-order chi connectivity index (χ1) is 7.99. The molecule has 1 aromatic rings. The predicted molar refractivity (Wildman–Crippen MR) is 66.3 cm³/mol. The number of ether oxygens (including phenoxy) is 2. The van der Waals surface area contributed by atoms with Crippen LogP contribution in [0.15, 0.2) is 16.6 Å². The number of hydrogen-bond donors (Lipinski definition) is 1. The van der Waals surface area contributed by atoms with Crippen LogP contribution in [0.5, 0.6) is 5.75 Å². The van der Waals surface area contributed by atoms with Crippen molar-refractivity contribution in [3.63, 3.8) is 0 Å². The molecule has 0 saturated carbocycles. The van der Waals surface area contributed by atoms with Crippen LogP contribution in [0.25, 0.3) is 0 Å². The number of halogens is 1. The van der Waals surface area contributed by atoms with Crippen molar-refractivity contribution in [2.24, 2.45) is 0 Å². The fourth-order valence-electron chi connectivity index (χ4n) is 1.28. The first-order valence-electron chi connectivity index (χ1n) is 4.73. The van der Waals surface area contributed by atoms with Gasteiger partial charge in [0.25, 0.3) is 0 Å². The molecular formula is C11H12BrNO4. The third-order valence-corrected chi connectivity index (χ3v) is 2.66. The summed E-state index contributed by atoms with van der Waals surface area (Å²) >= 11 is 3.26. The number of methoxy groups -OCH3 is 2. The van der Waals surface area contributed by atoms with Gasteiger partial charge in [-0.15, -0.1) is 0 Å². The van der Waals surface area contributed by atoms with Crippen LogP contribution in [0.3, 0.4) is 0 Å². The summed E-state index contributed by atoms with van der Waals surface area (Å²) in [4.78, 5) is 22.4. The van der Waals surface area contributed by atoms with E-state index in [1.165, 1.54) is 27.2 Å². The molecule has 0 heterocycles.